The van der Waals surface area contributed by atoms with Gasteiger partial charge in [-0.25, -0.2) is 0 Å². The van der Waals surface area contributed by atoms with Crippen LogP contribution >= 0.6 is 0 Å². The molecule has 1 amide bonds. The molecule has 1 aliphatic rings. The van der Waals surface area contributed by atoms with Crippen LogP contribution in [0.2, 0.25) is 0 Å². The largest absolute Gasteiger partial charge is 0.398 e. The first-order valence-corrected chi connectivity index (χ1v) is 6.82. The average molecular weight is 246 g/mol. The SMILES string of the molecule is CCC(CC)C(=O)N1CCc2c(N)cccc2C1. The summed E-state index contributed by atoms with van der Waals surface area (Å²) < 4.78 is 0. The van der Waals surface area contributed by atoms with Gasteiger partial charge in [0.15, 0.2) is 0 Å². The summed E-state index contributed by atoms with van der Waals surface area (Å²) >= 11 is 0. The number of carbonyl (C=O) groups is 1. The summed E-state index contributed by atoms with van der Waals surface area (Å²) in [5.74, 6) is 0.473. The van der Waals surface area contributed by atoms with E-state index in [1.165, 1.54) is 11.1 Å². The van der Waals surface area contributed by atoms with Gasteiger partial charge in [-0.1, -0.05) is 26.0 Å². The predicted molar refractivity (Wildman–Crippen MR) is 74.0 cm³/mol. The van der Waals surface area contributed by atoms with Crippen LogP contribution in [-0.4, -0.2) is 17.4 Å². The Morgan fingerprint density at radius 2 is 2.11 bits per heavy atom. The highest BCUT2D eigenvalue weighted by molar-refractivity contribution is 5.79. The number of anilines is 1. The van der Waals surface area contributed by atoms with E-state index in [-0.39, 0.29) is 5.92 Å². The quantitative estimate of drug-likeness (QED) is 0.833. The van der Waals surface area contributed by atoms with Crippen LogP contribution in [0.25, 0.3) is 0 Å². The Bertz CT molecular complexity index is 438. The molecule has 1 aromatic rings. The van der Waals surface area contributed by atoms with Crippen LogP contribution < -0.4 is 5.73 Å². The average Bonchev–Trinajstić information content (AvgIpc) is 2.40. The molecule has 3 heteroatoms. The monoisotopic (exact) mass is 246 g/mol. The van der Waals surface area contributed by atoms with Crippen LogP contribution in [0.3, 0.4) is 0 Å². The lowest BCUT2D eigenvalue weighted by Crippen LogP contribution is -2.39. The first-order valence-electron chi connectivity index (χ1n) is 6.82. The highest BCUT2D eigenvalue weighted by Gasteiger charge is 2.25. The summed E-state index contributed by atoms with van der Waals surface area (Å²) in [5.41, 5.74) is 9.27. The van der Waals surface area contributed by atoms with E-state index in [1.54, 1.807) is 0 Å². The third-order valence-corrected chi connectivity index (χ3v) is 3.95. The molecule has 2 N–H and O–H groups in total. The van der Waals surface area contributed by atoms with Crippen molar-refractivity contribution >= 4 is 11.6 Å². The van der Waals surface area contributed by atoms with Crippen LogP contribution in [0.5, 0.6) is 0 Å². The van der Waals surface area contributed by atoms with Gasteiger partial charge in [0.25, 0.3) is 0 Å². The normalized spacial score (nSPS) is 14.7. The minimum Gasteiger partial charge on any atom is -0.398 e. The van der Waals surface area contributed by atoms with Crippen molar-refractivity contribution in [1.29, 1.82) is 0 Å². The number of rotatable bonds is 3. The second-order valence-corrected chi connectivity index (χ2v) is 5.01. The Labute approximate surface area is 109 Å². The lowest BCUT2D eigenvalue weighted by molar-refractivity contribution is -0.136. The molecule has 0 aromatic heterocycles. The Balaban J connectivity index is 2.15. The molecule has 18 heavy (non-hydrogen) atoms. The summed E-state index contributed by atoms with van der Waals surface area (Å²) in [7, 11) is 0. The van der Waals surface area contributed by atoms with Crippen molar-refractivity contribution in [3.63, 3.8) is 0 Å². The molecule has 0 fully saturated rings. The summed E-state index contributed by atoms with van der Waals surface area (Å²) in [6, 6.07) is 5.99. The first kappa shape index (κ1) is 12.9. The van der Waals surface area contributed by atoms with E-state index in [1.807, 2.05) is 17.0 Å². The van der Waals surface area contributed by atoms with E-state index in [0.717, 1.165) is 38.0 Å². The van der Waals surface area contributed by atoms with E-state index in [4.69, 9.17) is 5.73 Å². The lowest BCUT2D eigenvalue weighted by Gasteiger charge is -2.32. The topological polar surface area (TPSA) is 46.3 Å². The third kappa shape index (κ3) is 2.35. The molecule has 1 aliphatic heterocycles. The van der Waals surface area contributed by atoms with E-state index in [9.17, 15) is 4.79 Å². The zero-order chi connectivity index (χ0) is 13.1. The number of benzene rings is 1. The van der Waals surface area contributed by atoms with Crippen LogP contribution in [0.4, 0.5) is 5.69 Å². The fourth-order valence-corrected chi connectivity index (χ4v) is 2.72. The molecule has 0 spiro atoms. The molecule has 3 nitrogen and oxygen atoms in total. The number of carbonyl (C=O) groups excluding carboxylic acids is 1. The second-order valence-electron chi connectivity index (χ2n) is 5.01. The molecule has 0 bridgehead atoms. The van der Waals surface area contributed by atoms with Crippen molar-refractivity contribution in [2.24, 2.45) is 5.92 Å². The predicted octanol–water partition coefficient (Wildman–Crippen LogP) is 2.59. The number of fused-ring (bicyclic) bond motifs is 1. The first-order chi connectivity index (χ1) is 8.67. The molecule has 0 radical (unpaired) electrons. The minimum atomic E-state index is 0.174. The summed E-state index contributed by atoms with van der Waals surface area (Å²) in [5, 5.41) is 0. The van der Waals surface area contributed by atoms with E-state index in [2.05, 4.69) is 19.9 Å². The lowest BCUT2D eigenvalue weighted by atomic mass is 9.95. The minimum absolute atomic E-state index is 0.174. The van der Waals surface area contributed by atoms with Crippen molar-refractivity contribution in [2.75, 3.05) is 12.3 Å². The highest BCUT2D eigenvalue weighted by Crippen LogP contribution is 2.25. The van der Waals surface area contributed by atoms with E-state index < -0.39 is 0 Å². The van der Waals surface area contributed by atoms with E-state index in [0.29, 0.717) is 5.91 Å². The van der Waals surface area contributed by atoms with Gasteiger partial charge in [-0.05, 0) is 36.5 Å². The summed E-state index contributed by atoms with van der Waals surface area (Å²) in [6.45, 7) is 5.69. The Morgan fingerprint density at radius 1 is 1.39 bits per heavy atom. The van der Waals surface area contributed by atoms with Crippen molar-refractivity contribution in [1.82, 2.24) is 4.90 Å². The number of hydrogen-bond acceptors (Lipinski definition) is 2. The van der Waals surface area contributed by atoms with Gasteiger partial charge >= 0.3 is 0 Å². The summed E-state index contributed by atoms with van der Waals surface area (Å²) in [6.07, 6.45) is 2.74. The van der Waals surface area contributed by atoms with Gasteiger partial charge in [-0.15, -0.1) is 0 Å². The maximum absolute atomic E-state index is 12.3. The maximum Gasteiger partial charge on any atom is 0.225 e. The smallest absolute Gasteiger partial charge is 0.225 e. The Kier molecular flexibility index (Phi) is 3.90. The van der Waals surface area contributed by atoms with Gasteiger partial charge < -0.3 is 10.6 Å². The van der Waals surface area contributed by atoms with Crippen molar-refractivity contribution in [3.05, 3.63) is 29.3 Å². The Morgan fingerprint density at radius 3 is 2.78 bits per heavy atom. The van der Waals surface area contributed by atoms with E-state index >= 15 is 0 Å². The molecule has 0 aliphatic carbocycles. The van der Waals surface area contributed by atoms with Gasteiger partial charge in [0.2, 0.25) is 5.91 Å². The third-order valence-electron chi connectivity index (χ3n) is 3.95. The fraction of sp³-hybridized carbons (Fsp3) is 0.533. The summed E-state index contributed by atoms with van der Waals surface area (Å²) in [4.78, 5) is 14.3. The molecule has 0 unspecified atom stereocenters. The van der Waals surface area contributed by atoms with Crippen LogP contribution in [0.15, 0.2) is 18.2 Å². The zero-order valence-electron chi connectivity index (χ0n) is 11.3. The van der Waals surface area contributed by atoms with Gasteiger partial charge in [-0.3, -0.25) is 4.79 Å². The van der Waals surface area contributed by atoms with Crippen LogP contribution in [-0.2, 0) is 17.8 Å². The van der Waals surface area contributed by atoms with Crippen molar-refractivity contribution in [3.8, 4) is 0 Å². The number of nitrogens with two attached hydrogens (primary N) is 1. The van der Waals surface area contributed by atoms with Crippen molar-refractivity contribution < 1.29 is 4.79 Å². The molecule has 1 heterocycles. The molecule has 98 valence electrons. The molecular formula is C15H22N2O. The molecule has 0 saturated heterocycles. The molecule has 0 atom stereocenters. The molecule has 1 aromatic carbocycles. The van der Waals surface area contributed by atoms with Gasteiger partial charge in [0, 0.05) is 24.7 Å². The standard InChI is InChI=1S/C15H22N2O/c1-3-11(4-2)15(18)17-9-8-13-12(10-17)6-5-7-14(13)16/h5-7,11H,3-4,8-10,16H2,1-2H3. The number of nitrogens with zero attached hydrogens (tertiary/aromatic N) is 1. The Hall–Kier alpha value is -1.51. The second kappa shape index (κ2) is 5.42. The molecular weight excluding hydrogens is 224 g/mol. The van der Waals surface area contributed by atoms with Gasteiger partial charge in [0.05, 0.1) is 0 Å². The molecule has 2 rings (SSSR count). The number of hydrogen-bond donors (Lipinski definition) is 1. The highest BCUT2D eigenvalue weighted by atomic mass is 16.2. The van der Waals surface area contributed by atoms with Gasteiger partial charge in [0.1, 0.15) is 0 Å². The maximum atomic E-state index is 12.3. The van der Waals surface area contributed by atoms with Crippen molar-refractivity contribution in [2.45, 2.75) is 39.7 Å². The fourth-order valence-electron chi connectivity index (χ4n) is 2.72. The number of nitrogen functional groups attached to an aromatic ring is 1. The molecule has 0 saturated carbocycles. The van der Waals surface area contributed by atoms with Crippen LogP contribution in [0, 0.1) is 5.92 Å². The van der Waals surface area contributed by atoms with Crippen LogP contribution in [0.1, 0.15) is 37.8 Å². The van der Waals surface area contributed by atoms with Gasteiger partial charge in [-0.2, -0.15) is 0 Å². The number of amides is 1. The zero-order valence-corrected chi connectivity index (χ0v) is 11.3.